The highest BCUT2D eigenvalue weighted by Crippen LogP contribution is 2.38. The highest BCUT2D eigenvalue weighted by molar-refractivity contribution is 8.27. The third kappa shape index (κ3) is 4.79. The SMILES string of the molecule is Cc1ccccc1N1C(=O)/C(=C/c2cc([N+](=O)[O-])ccc2OCc2ccccc2F)SC1=S. The van der Waals surface area contributed by atoms with Gasteiger partial charge >= 0.3 is 0 Å². The lowest BCUT2D eigenvalue weighted by molar-refractivity contribution is -0.384. The smallest absolute Gasteiger partial charge is 0.270 e. The Morgan fingerprint density at radius 3 is 2.61 bits per heavy atom. The molecule has 0 saturated carbocycles. The molecule has 0 bridgehead atoms. The second kappa shape index (κ2) is 9.51. The van der Waals surface area contributed by atoms with E-state index in [0.717, 1.165) is 17.3 Å². The van der Waals surface area contributed by atoms with Crippen molar-refractivity contribution in [3.63, 3.8) is 0 Å². The molecule has 1 aliphatic rings. The number of carbonyl (C=O) groups is 1. The van der Waals surface area contributed by atoms with E-state index in [0.29, 0.717) is 26.0 Å². The number of rotatable bonds is 6. The lowest BCUT2D eigenvalue weighted by Crippen LogP contribution is -2.28. The van der Waals surface area contributed by atoms with Crippen LogP contribution >= 0.6 is 24.0 Å². The predicted octanol–water partition coefficient (Wildman–Crippen LogP) is 6.03. The molecule has 1 fully saturated rings. The first kappa shape index (κ1) is 22.6. The molecule has 3 aromatic rings. The van der Waals surface area contributed by atoms with Gasteiger partial charge < -0.3 is 4.74 Å². The van der Waals surface area contributed by atoms with Crippen molar-refractivity contribution in [2.75, 3.05) is 4.90 Å². The number of ether oxygens (including phenoxy) is 1. The van der Waals surface area contributed by atoms with Crippen LogP contribution in [0.25, 0.3) is 6.08 Å². The van der Waals surface area contributed by atoms with Crippen LogP contribution in [-0.2, 0) is 11.4 Å². The Balaban J connectivity index is 1.68. The van der Waals surface area contributed by atoms with E-state index in [-0.39, 0.29) is 24.0 Å². The molecule has 3 aromatic carbocycles. The van der Waals surface area contributed by atoms with Crippen LogP contribution in [0.1, 0.15) is 16.7 Å². The number of halogens is 1. The average molecular weight is 481 g/mol. The van der Waals surface area contributed by atoms with Crippen LogP contribution in [0.3, 0.4) is 0 Å². The maximum Gasteiger partial charge on any atom is 0.270 e. The molecule has 9 heteroatoms. The van der Waals surface area contributed by atoms with Crippen LogP contribution in [0.4, 0.5) is 15.8 Å². The zero-order chi connectivity index (χ0) is 23.5. The number of nitrogens with zero attached hydrogens (tertiary/aromatic N) is 2. The number of anilines is 1. The molecule has 0 radical (unpaired) electrons. The van der Waals surface area contributed by atoms with Gasteiger partial charge in [0.05, 0.1) is 15.5 Å². The standard InChI is InChI=1S/C24H17FN2O4S2/c1-15-6-2-5-9-20(15)26-23(28)22(33-24(26)32)13-17-12-18(27(29)30)10-11-21(17)31-14-16-7-3-4-8-19(16)25/h2-13H,14H2,1H3/b22-13-. The molecule has 1 aliphatic heterocycles. The Hall–Kier alpha value is -3.56. The van der Waals surface area contributed by atoms with Crippen molar-refractivity contribution in [3.8, 4) is 5.75 Å². The summed E-state index contributed by atoms with van der Waals surface area (Å²) in [6.45, 7) is 1.81. The van der Waals surface area contributed by atoms with Crippen molar-refractivity contribution in [3.05, 3.63) is 104 Å². The first-order valence-corrected chi connectivity index (χ1v) is 11.1. The maximum atomic E-state index is 14.0. The average Bonchev–Trinajstić information content (AvgIpc) is 3.07. The second-order valence-electron chi connectivity index (χ2n) is 7.16. The number of thiocarbonyl (C=S) groups is 1. The van der Waals surface area contributed by atoms with Gasteiger partial charge in [0.2, 0.25) is 0 Å². The molecule has 1 amide bonds. The molecule has 4 rings (SSSR count). The van der Waals surface area contributed by atoms with Gasteiger partial charge in [-0.2, -0.15) is 0 Å². The van der Waals surface area contributed by atoms with Gasteiger partial charge in [0.25, 0.3) is 11.6 Å². The van der Waals surface area contributed by atoms with E-state index in [1.807, 2.05) is 25.1 Å². The van der Waals surface area contributed by atoms with Crippen molar-refractivity contribution in [1.29, 1.82) is 0 Å². The van der Waals surface area contributed by atoms with Crippen molar-refractivity contribution in [1.82, 2.24) is 0 Å². The molecule has 0 atom stereocenters. The number of aryl methyl sites for hydroxylation is 1. The number of thioether (sulfide) groups is 1. The minimum atomic E-state index is -0.531. The number of hydrogen-bond donors (Lipinski definition) is 0. The Morgan fingerprint density at radius 2 is 1.88 bits per heavy atom. The number of hydrogen-bond acceptors (Lipinski definition) is 6. The van der Waals surface area contributed by atoms with Crippen LogP contribution in [0.5, 0.6) is 5.75 Å². The molecule has 6 nitrogen and oxygen atoms in total. The zero-order valence-corrected chi connectivity index (χ0v) is 19.0. The predicted molar refractivity (Wildman–Crippen MR) is 131 cm³/mol. The molecular weight excluding hydrogens is 463 g/mol. The number of nitro groups is 1. The lowest BCUT2D eigenvalue weighted by atomic mass is 10.1. The molecule has 166 valence electrons. The first-order valence-electron chi connectivity index (χ1n) is 9.83. The van der Waals surface area contributed by atoms with Crippen molar-refractivity contribution in [2.45, 2.75) is 13.5 Å². The van der Waals surface area contributed by atoms with Crippen LogP contribution in [0.2, 0.25) is 0 Å². The van der Waals surface area contributed by atoms with Crippen molar-refractivity contribution < 1.29 is 18.8 Å². The molecule has 0 aliphatic carbocycles. The molecule has 0 unspecified atom stereocenters. The fourth-order valence-corrected chi connectivity index (χ4v) is 4.57. The maximum absolute atomic E-state index is 14.0. The fourth-order valence-electron chi connectivity index (χ4n) is 3.30. The summed E-state index contributed by atoms with van der Waals surface area (Å²) < 4.78 is 20.1. The number of carbonyl (C=O) groups excluding carboxylic acids is 1. The Kier molecular flexibility index (Phi) is 6.52. The van der Waals surface area contributed by atoms with E-state index in [1.165, 1.54) is 35.2 Å². The van der Waals surface area contributed by atoms with Gasteiger partial charge in [-0.3, -0.25) is 19.8 Å². The van der Waals surface area contributed by atoms with E-state index < -0.39 is 10.7 Å². The Morgan fingerprint density at radius 1 is 1.15 bits per heavy atom. The molecule has 0 spiro atoms. The van der Waals surface area contributed by atoms with E-state index in [9.17, 15) is 19.3 Å². The second-order valence-corrected chi connectivity index (χ2v) is 8.84. The van der Waals surface area contributed by atoms with Gasteiger partial charge in [0, 0.05) is 23.3 Å². The first-order chi connectivity index (χ1) is 15.8. The van der Waals surface area contributed by atoms with Gasteiger partial charge in [0.1, 0.15) is 18.2 Å². The summed E-state index contributed by atoms with van der Waals surface area (Å²) in [5.74, 6) is -0.462. The third-order valence-corrected chi connectivity index (χ3v) is 6.28. The monoisotopic (exact) mass is 480 g/mol. The van der Waals surface area contributed by atoms with E-state index >= 15 is 0 Å². The zero-order valence-electron chi connectivity index (χ0n) is 17.4. The normalized spacial score (nSPS) is 14.7. The third-order valence-electron chi connectivity index (χ3n) is 4.98. The number of benzene rings is 3. The summed E-state index contributed by atoms with van der Waals surface area (Å²) >= 11 is 6.53. The molecule has 33 heavy (non-hydrogen) atoms. The van der Waals surface area contributed by atoms with Gasteiger partial charge in [0.15, 0.2) is 4.32 Å². The molecular formula is C24H17FN2O4S2. The Bertz CT molecular complexity index is 1310. The van der Waals surface area contributed by atoms with E-state index in [4.69, 9.17) is 17.0 Å². The lowest BCUT2D eigenvalue weighted by Gasteiger charge is -2.16. The number of non-ortho nitro benzene ring substituents is 1. The molecule has 1 heterocycles. The summed E-state index contributed by atoms with van der Waals surface area (Å²) in [6, 6.07) is 17.6. The van der Waals surface area contributed by atoms with E-state index in [2.05, 4.69) is 0 Å². The van der Waals surface area contributed by atoms with Crippen LogP contribution in [-0.4, -0.2) is 15.2 Å². The number of para-hydroxylation sites is 1. The fraction of sp³-hybridized carbons (Fsp3) is 0.0833. The summed E-state index contributed by atoms with van der Waals surface area (Å²) in [5.41, 5.74) is 2.07. The van der Waals surface area contributed by atoms with Gasteiger partial charge in [-0.25, -0.2) is 4.39 Å². The highest BCUT2D eigenvalue weighted by atomic mass is 32.2. The number of amides is 1. The van der Waals surface area contributed by atoms with Crippen LogP contribution < -0.4 is 9.64 Å². The summed E-state index contributed by atoms with van der Waals surface area (Å²) in [5, 5.41) is 11.3. The van der Waals surface area contributed by atoms with E-state index in [1.54, 1.807) is 24.3 Å². The minimum absolute atomic E-state index is 0.0739. The van der Waals surface area contributed by atoms with Gasteiger partial charge in [-0.15, -0.1) is 0 Å². The van der Waals surface area contributed by atoms with Gasteiger partial charge in [-0.1, -0.05) is 60.4 Å². The number of nitro benzene ring substituents is 1. The quantitative estimate of drug-likeness (QED) is 0.186. The summed E-state index contributed by atoms with van der Waals surface area (Å²) in [7, 11) is 0. The molecule has 1 saturated heterocycles. The largest absolute Gasteiger partial charge is 0.488 e. The van der Waals surface area contributed by atoms with Crippen LogP contribution in [0.15, 0.2) is 71.6 Å². The molecule has 0 aromatic heterocycles. The van der Waals surface area contributed by atoms with Gasteiger partial charge in [-0.05, 0) is 36.8 Å². The highest BCUT2D eigenvalue weighted by Gasteiger charge is 2.34. The Labute approximate surface area is 198 Å². The minimum Gasteiger partial charge on any atom is -0.488 e. The van der Waals surface area contributed by atoms with Crippen molar-refractivity contribution >= 4 is 51.7 Å². The van der Waals surface area contributed by atoms with Crippen molar-refractivity contribution in [2.24, 2.45) is 0 Å². The molecule has 0 N–H and O–H groups in total. The summed E-state index contributed by atoms with van der Waals surface area (Å²) in [6.07, 6.45) is 1.52. The summed E-state index contributed by atoms with van der Waals surface area (Å²) in [4.78, 5) is 25.7. The topological polar surface area (TPSA) is 72.7 Å². The van der Waals surface area contributed by atoms with Crippen LogP contribution in [0, 0.1) is 22.9 Å².